The van der Waals surface area contributed by atoms with Crippen LogP contribution in [0.25, 0.3) is 33.9 Å². The maximum absolute atomic E-state index is 13.4. The van der Waals surface area contributed by atoms with Crippen molar-refractivity contribution in [3.63, 3.8) is 0 Å². The van der Waals surface area contributed by atoms with Crippen molar-refractivity contribution in [2.24, 2.45) is 0 Å². The van der Waals surface area contributed by atoms with E-state index in [0.717, 1.165) is 41.8 Å². The molecule has 3 heterocycles. The normalized spacial score (nSPS) is 12.6. The third kappa shape index (κ3) is 4.42. The van der Waals surface area contributed by atoms with E-state index in [9.17, 15) is 9.59 Å². The van der Waals surface area contributed by atoms with Crippen LogP contribution in [0, 0.1) is 13.8 Å². The Balaban J connectivity index is 1.36. The third-order valence-corrected chi connectivity index (χ3v) is 6.72. The predicted molar refractivity (Wildman–Crippen MR) is 141 cm³/mol. The van der Waals surface area contributed by atoms with Gasteiger partial charge in [-0.05, 0) is 68.5 Å². The van der Waals surface area contributed by atoms with Crippen LogP contribution in [0.1, 0.15) is 28.8 Å². The number of rotatable bonds is 5. The van der Waals surface area contributed by atoms with Crippen LogP contribution in [0.2, 0.25) is 0 Å². The summed E-state index contributed by atoms with van der Waals surface area (Å²) in [5.41, 5.74) is 6.40. The first-order chi connectivity index (χ1) is 17.9. The zero-order chi connectivity index (χ0) is 25.5. The van der Waals surface area contributed by atoms with Gasteiger partial charge in [0.2, 0.25) is 17.2 Å². The van der Waals surface area contributed by atoms with E-state index >= 15 is 0 Å². The molecule has 6 rings (SSSR count). The quantitative estimate of drug-likeness (QED) is 0.377. The highest BCUT2D eigenvalue weighted by Crippen LogP contribution is 2.26. The summed E-state index contributed by atoms with van der Waals surface area (Å²) >= 11 is 0. The molecule has 1 N–H and O–H groups in total. The standard InChI is InChI=1S/C29H25N5O3/c1-17-6-9-20(10-7-17)27-32-29(37-33-27)24-15-34(28-23(26(24)36)13-8-18(2)30-28)16-25(35)31-22-12-11-19-4-3-5-21(19)14-22/h6-15H,3-5,16H2,1-2H3,(H,31,35). The van der Waals surface area contributed by atoms with Crippen molar-refractivity contribution in [1.82, 2.24) is 19.7 Å². The number of aryl methyl sites for hydroxylation is 4. The van der Waals surface area contributed by atoms with Crippen LogP contribution in [-0.4, -0.2) is 25.6 Å². The van der Waals surface area contributed by atoms with Gasteiger partial charge >= 0.3 is 0 Å². The molecule has 8 heteroatoms. The number of hydrogen-bond donors (Lipinski definition) is 1. The number of carbonyl (C=O) groups is 1. The summed E-state index contributed by atoms with van der Waals surface area (Å²) in [6.07, 6.45) is 4.84. The second-order valence-corrected chi connectivity index (χ2v) is 9.50. The summed E-state index contributed by atoms with van der Waals surface area (Å²) in [5.74, 6) is 0.260. The van der Waals surface area contributed by atoms with Crippen molar-refractivity contribution in [3.05, 3.63) is 93.4 Å². The lowest BCUT2D eigenvalue weighted by atomic mass is 10.1. The number of hydrogen-bond acceptors (Lipinski definition) is 6. The Morgan fingerprint density at radius 2 is 1.81 bits per heavy atom. The minimum atomic E-state index is -0.281. The van der Waals surface area contributed by atoms with Gasteiger partial charge in [0.15, 0.2) is 0 Å². The molecule has 1 aliphatic rings. The zero-order valence-corrected chi connectivity index (χ0v) is 20.6. The predicted octanol–water partition coefficient (Wildman–Crippen LogP) is 4.86. The van der Waals surface area contributed by atoms with E-state index in [1.807, 2.05) is 50.2 Å². The Labute approximate surface area is 213 Å². The molecular weight excluding hydrogens is 466 g/mol. The second kappa shape index (κ2) is 9.13. The molecule has 8 nitrogen and oxygen atoms in total. The third-order valence-electron chi connectivity index (χ3n) is 6.72. The summed E-state index contributed by atoms with van der Waals surface area (Å²) < 4.78 is 7.16. The maximum atomic E-state index is 13.4. The number of carbonyl (C=O) groups excluding carboxylic acids is 1. The number of benzene rings is 2. The van der Waals surface area contributed by atoms with Gasteiger partial charge in [-0.25, -0.2) is 4.98 Å². The van der Waals surface area contributed by atoms with Gasteiger partial charge in [0.05, 0.1) is 5.39 Å². The number of fused-ring (bicyclic) bond motifs is 2. The van der Waals surface area contributed by atoms with Crippen LogP contribution in [0.3, 0.4) is 0 Å². The SMILES string of the molecule is Cc1ccc(-c2noc(-c3cn(CC(=O)Nc4ccc5c(c4)CCC5)c4nc(C)ccc4c3=O)n2)cc1. The molecule has 0 aliphatic heterocycles. The Bertz CT molecular complexity index is 1720. The summed E-state index contributed by atoms with van der Waals surface area (Å²) in [6, 6.07) is 17.3. The number of amides is 1. The van der Waals surface area contributed by atoms with Crippen LogP contribution < -0.4 is 10.7 Å². The highest BCUT2D eigenvalue weighted by Gasteiger charge is 2.19. The second-order valence-electron chi connectivity index (χ2n) is 9.50. The van der Waals surface area contributed by atoms with Crippen molar-refractivity contribution in [1.29, 1.82) is 0 Å². The molecule has 1 aliphatic carbocycles. The van der Waals surface area contributed by atoms with Crippen LogP contribution >= 0.6 is 0 Å². The van der Waals surface area contributed by atoms with Gasteiger partial charge in [-0.15, -0.1) is 0 Å². The first kappa shape index (κ1) is 22.8. The monoisotopic (exact) mass is 491 g/mol. The number of pyridine rings is 2. The Morgan fingerprint density at radius 3 is 2.65 bits per heavy atom. The van der Waals surface area contributed by atoms with E-state index in [0.29, 0.717) is 16.9 Å². The minimum Gasteiger partial charge on any atom is -0.333 e. The molecule has 0 atom stereocenters. The van der Waals surface area contributed by atoms with Gasteiger partial charge < -0.3 is 14.4 Å². The van der Waals surface area contributed by atoms with E-state index in [2.05, 4.69) is 26.5 Å². The van der Waals surface area contributed by atoms with E-state index in [-0.39, 0.29) is 29.3 Å². The molecule has 0 spiro atoms. The molecule has 3 aromatic heterocycles. The molecule has 0 saturated heterocycles. The number of nitrogens with one attached hydrogen (secondary N) is 1. The molecule has 0 unspecified atom stereocenters. The number of nitrogens with zero attached hydrogens (tertiary/aromatic N) is 4. The topological polar surface area (TPSA) is 103 Å². The van der Waals surface area contributed by atoms with Gasteiger partial charge in [-0.3, -0.25) is 9.59 Å². The van der Waals surface area contributed by atoms with Gasteiger partial charge in [0.25, 0.3) is 5.89 Å². The number of aromatic nitrogens is 4. The molecular formula is C29H25N5O3. The van der Waals surface area contributed by atoms with E-state index < -0.39 is 0 Å². The van der Waals surface area contributed by atoms with Crippen molar-refractivity contribution < 1.29 is 9.32 Å². The summed E-state index contributed by atoms with van der Waals surface area (Å²) in [6.45, 7) is 3.81. The minimum absolute atomic E-state index is 0.0315. The van der Waals surface area contributed by atoms with Crippen LogP contribution in [0.5, 0.6) is 0 Å². The summed E-state index contributed by atoms with van der Waals surface area (Å²) in [4.78, 5) is 35.5. The van der Waals surface area contributed by atoms with Crippen LogP contribution in [0.15, 0.2) is 70.1 Å². The molecule has 184 valence electrons. The lowest BCUT2D eigenvalue weighted by Crippen LogP contribution is -2.22. The molecule has 0 radical (unpaired) electrons. The van der Waals surface area contributed by atoms with Crippen molar-refractivity contribution in [3.8, 4) is 22.8 Å². The fourth-order valence-corrected chi connectivity index (χ4v) is 4.79. The Hall–Kier alpha value is -4.59. The molecule has 37 heavy (non-hydrogen) atoms. The highest BCUT2D eigenvalue weighted by atomic mass is 16.5. The fraction of sp³-hybridized carbons (Fsp3) is 0.207. The molecule has 0 fully saturated rings. The molecule has 0 saturated carbocycles. The maximum Gasteiger partial charge on any atom is 0.263 e. The lowest BCUT2D eigenvalue weighted by Gasteiger charge is -2.13. The van der Waals surface area contributed by atoms with E-state index in [1.54, 1.807) is 22.9 Å². The molecule has 5 aromatic rings. The zero-order valence-electron chi connectivity index (χ0n) is 20.6. The van der Waals surface area contributed by atoms with Gasteiger partial charge in [-0.2, -0.15) is 4.98 Å². The molecule has 0 bridgehead atoms. The van der Waals surface area contributed by atoms with E-state index in [1.165, 1.54) is 11.1 Å². The smallest absolute Gasteiger partial charge is 0.263 e. The van der Waals surface area contributed by atoms with Gasteiger partial charge in [0, 0.05) is 23.1 Å². The van der Waals surface area contributed by atoms with Gasteiger partial charge in [0.1, 0.15) is 17.8 Å². The van der Waals surface area contributed by atoms with Crippen molar-refractivity contribution in [2.75, 3.05) is 5.32 Å². The van der Waals surface area contributed by atoms with Crippen LogP contribution in [0.4, 0.5) is 5.69 Å². The van der Waals surface area contributed by atoms with Crippen LogP contribution in [-0.2, 0) is 24.2 Å². The average Bonchev–Trinajstić information content (AvgIpc) is 3.56. The Morgan fingerprint density at radius 1 is 1.00 bits per heavy atom. The lowest BCUT2D eigenvalue weighted by molar-refractivity contribution is -0.116. The van der Waals surface area contributed by atoms with Gasteiger partial charge in [-0.1, -0.05) is 41.1 Å². The fourth-order valence-electron chi connectivity index (χ4n) is 4.79. The first-order valence-electron chi connectivity index (χ1n) is 12.3. The molecule has 2 aromatic carbocycles. The first-order valence-corrected chi connectivity index (χ1v) is 12.3. The number of anilines is 1. The highest BCUT2D eigenvalue weighted by molar-refractivity contribution is 5.92. The Kier molecular flexibility index (Phi) is 5.64. The van der Waals surface area contributed by atoms with Crippen molar-refractivity contribution in [2.45, 2.75) is 39.7 Å². The summed E-state index contributed by atoms with van der Waals surface area (Å²) in [7, 11) is 0. The molecule has 1 amide bonds. The van der Waals surface area contributed by atoms with Crippen molar-refractivity contribution >= 4 is 22.6 Å². The average molecular weight is 492 g/mol. The summed E-state index contributed by atoms with van der Waals surface area (Å²) in [5, 5.41) is 7.44. The largest absolute Gasteiger partial charge is 0.333 e. The van der Waals surface area contributed by atoms with E-state index in [4.69, 9.17) is 4.52 Å².